The van der Waals surface area contributed by atoms with Crippen molar-refractivity contribution in [3.05, 3.63) is 0 Å². The van der Waals surface area contributed by atoms with Crippen molar-refractivity contribution in [1.29, 1.82) is 0 Å². The number of halogens is 3. The first-order valence-corrected chi connectivity index (χ1v) is 4.85. The van der Waals surface area contributed by atoms with Crippen molar-refractivity contribution in [2.75, 3.05) is 6.54 Å². The fraction of sp³-hybridized carbons (Fsp3) is 1.00. The highest BCUT2D eigenvalue weighted by atomic mass is 19.4. The maximum atomic E-state index is 12.1. The third kappa shape index (κ3) is 4.28. The van der Waals surface area contributed by atoms with Crippen molar-refractivity contribution in [3.8, 4) is 0 Å². The van der Waals surface area contributed by atoms with Crippen molar-refractivity contribution >= 4 is 0 Å². The fourth-order valence-corrected chi connectivity index (χ4v) is 1.09. The van der Waals surface area contributed by atoms with Crippen LogP contribution in [0.3, 0.4) is 0 Å². The maximum Gasteiger partial charge on any atom is 0.414 e. The van der Waals surface area contributed by atoms with Gasteiger partial charge in [0.25, 0.3) is 0 Å². The van der Waals surface area contributed by atoms with Crippen LogP contribution in [-0.4, -0.2) is 31.0 Å². The molecule has 0 aromatic heterocycles. The number of hydrogen-bond acceptors (Lipinski definition) is 2. The SMILES string of the molecule is CC(CNC1CC1)OC(C)C(F)(F)F. The largest absolute Gasteiger partial charge is 0.414 e. The van der Waals surface area contributed by atoms with Crippen LogP contribution in [0.15, 0.2) is 0 Å². The molecule has 2 atom stereocenters. The van der Waals surface area contributed by atoms with Gasteiger partial charge in [-0.2, -0.15) is 13.2 Å². The molecule has 1 fully saturated rings. The summed E-state index contributed by atoms with van der Waals surface area (Å²) in [6.07, 6.45) is -4.08. The van der Waals surface area contributed by atoms with E-state index in [4.69, 9.17) is 4.74 Å². The number of alkyl halides is 3. The van der Waals surface area contributed by atoms with Gasteiger partial charge in [-0.1, -0.05) is 0 Å². The zero-order valence-corrected chi connectivity index (χ0v) is 8.40. The first kappa shape index (κ1) is 11.8. The standard InChI is InChI=1S/C9H16F3NO/c1-6(5-13-8-3-4-8)14-7(2)9(10,11)12/h6-8,13H,3-5H2,1-2H3. The van der Waals surface area contributed by atoms with Crippen LogP contribution in [0, 0.1) is 0 Å². The lowest BCUT2D eigenvalue weighted by Gasteiger charge is -2.21. The van der Waals surface area contributed by atoms with E-state index in [1.165, 1.54) is 0 Å². The Morgan fingerprint density at radius 2 is 1.93 bits per heavy atom. The highest BCUT2D eigenvalue weighted by Gasteiger charge is 2.37. The number of rotatable bonds is 5. The van der Waals surface area contributed by atoms with Gasteiger partial charge in [-0.05, 0) is 26.7 Å². The summed E-state index contributed by atoms with van der Waals surface area (Å²) in [5.41, 5.74) is 0. The van der Waals surface area contributed by atoms with E-state index in [0.717, 1.165) is 19.8 Å². The van der Waals surface area contributed by atoms with Crippen molar-refractivity contribution < 1.29 is 17.9 Å². The van der Waals surface area contributed by atoms with Gasteiger partial charge in [-0.3, -0.25) is 0 Å². The van der Waals surface area contributed by atoms with Crippen molar-refractivity contribution in [3.63, 3.8) is 0 Å². The first-order valence-electron chi connectivity index (χ1n) is 4.85. The van der Waals surface area contributed by atoms with Gasteiger partial charge in [0, 0.05) is 12.6 Å². The van der Waals surface area contributed by atoms with Gasteiger partial charge in [0.15, 0.2) is 6.10 Å². The zero-order valence-electron chi connectivity index (χ0n) is 8.40. The number of hydrogen-bond donors (Lipinski definition) is 1. The van der Waals surface area contributed by atoms with E-state index in [9.17, 15) is 13.2 Å². The average Bonchev–Trinajstić information content (AvgIpc) is 2.81. The molecule has 1 N–H and O–H groups in total. The molecule has 0 aromatic rings. The predicted molar refractivity (Wildman–Crippen MR) is 47.1 cm³/mol. The van der Waals surface area contributed by atoms with Crippen molar-refractivity contribution in [2.24, 2.45) is 0 Å². The molecule has 1 aliphatic rings. The maximum absolute atomic E-state index is 12.1. The molecule has 0 saturated heterocycles. The van der Waals surface area contributed by atoms with Gasteiger partial charge in [0.1, 0.15) is 0 Å². The van der Waals surface area contributed by atoms with E-state index in [2.05, 4.69) is 5.32 Å². The Hall–Kier alpha value is -0.290. The predicted octanol–water partition coefficient (Wildman–Crippen LogP) is 2.09. The highest BCUT2D eigenvalue weighted by molar-refractivity contribution is 4.81. The first-order chi connectivity index (χ1) is 6.39. The summed E-state index contributed by atoms with van der Waals surface area (Å²) in [5.74, 6) is 0. The van der Waals surface area contributed by atoms with E-state index < -0.39 is 18.4 Å². The van der Waals surface area contributed by atoms with E-state index >= 15 is 0 Å². The number of nitrogens with one attached hydrogen (secondary N) is 1. The second-order valence-corrected chi connectivity index (χ2v) is 3.81. The minimum Gasteiger partial charge on any atom is -0.365 e. The molecule has 0 aliphatic heterocycles. The summed E-state index contributed by atoms with van der Waals surface area (Å²) in [4.78, 5) is 0. The van der Waals surface area contributed by atoms with Crippen LogP contribution in [0.25, 0.3) is 0 Å². The third-order valence-corrected chi connectivity index (χ3v) is 2.17. The average molecular weight is 211 g/mol. The topological polar surface area (TPSA) is 21.3 Å². The lowest BCUT2D eigenvalue weighted by Crippen LogP contribution is -2.36. The Balaban J connectivity index is 2.14. The molecule has 1 aliphatic carbocycles. The minimum atomic E-state index is -4.26. The summed E-state index contributed by atoms with van der Waals surface area (Å²) in [7, 11) is 0. The zero-order chi connectivity index (χ0) is 10.8. The lowest BCUT2D eigenvalue weighted by molar-refractivity contribution is -0.224. The molecular weight excluding hydrogens is 195 g/mol. The van der Waals surface area contributed by atoms with Gasteiger partial charge in [0.05, 0.1) is 6.10 Å². The van der Waals surface area contributed by atoms with Crippen LogP contribution >= 0.6 is 0 Å². The summed E-state index contributed by atoms with van der Waals surface area (Å²) in [6, 6.07) is 0.502. The van der Waals surface area contributed by atoms with Gasteiger partial charge in [-0.15, -0.1) is 0 Å². The van der Waals surface area contributed by atoms with Crippen LogP contribution in [0.2, 0.25) is 0 Å². The van der Waals surface area contributed by atoms with Crippen LogP contribution in [0.1, 0.15) is 26.7 Å². The van der Waals surface area contributed by atoms with E-state index in [1.807, 2.05) is 0 Å². The highest BCUT2D eigenvalue weighted by Crippen LogP contribution is 2.23. The Labute approximate surface area is 81.8 Å². The molecule has 14 heavy (non-hydrogen) atoms. The molecular formula is C9H16F3NO. The lowest BCUT2D eigenvalue weighted by atomic mass is 10.3. The van der Waals surface area contributed by atoms with E-state index in [-0.39, 0.29) is 0 Å². The summed E-state index contributed by atoms with van der Waals surface area (Å²) >= 11 is 0. The summed E-state index contributed by atoms with van der Waals surface area (Å²) in [6.45, 7) is 3.18. The molecule has 0 radical (unpaired) electrons. The molecule has 1 rings (SSSR count). The Kier molecular flexibility index (Phi) is 3.78. The monoisotopic (exact) mass is 211 g/mol. The van der Waals surface area contributed by atoms with Gasteiger partial charge < -0.3 is 10.1 Å². The second-order valence-electron chi connectivity index (χ2n) is 3.81. The molecule has 2 unspecified atom stereocenters. The van der Waals surface area contributed by atoms with Crippen LogP contribution in [0.5, 0.6) is 0 Å². The quantitative estimate of drug-likeness (QED) is 0.751. The van der Waals surface area contributed by atoms with Gasteiger partial charge in [0.2, 0.25) is 0 Å². The Morgan fingerprint density at radius 3 is 2.36 bits per heavy atom. The Bertz CT molecular complexity index is 179. The summed E-state index contributed by atoms with van der Waals surface area (Å²) < 4.78 is 41.0. The molecule has 84 valence electrons. The fourth-order valence-electron chi connectivity index (χ4n) is 1.09. The van der Waals surface area contributed by atoms with Crippen LogP contribution in [-0.2, 0) is 4.74 Å². The van der Waals surface area contributed by atoms with E-state index in [0.29, 0.717) is 12.6 Å². The minimum absolute atomic E-state index is 0.396. The molecule has 2 nitrogen and oxygen atoms in total. The van der Waals surface area contributed by atoms with Gasteiger partial charge >= 0.3 is 6.18 Å². The number of ether oxygens (including phenoxy) is 1. The van der Waals surface area contributed by atoms with Crippen LogP contribution in [0.4, 0.5) is 13.2 Å². The molecule has 0 bridgehead atoms. The van der Waals surface area contributed by atoms with Crippen molar-refractivity contribution in [1.82, 2.24) is 5.32 Å². The van der Waals surface area contributed by atoms with E-state index in [1.54, 1.807) is 6.92 Å². The molecule has 0 amide bonds. The smallest absolute Gasteiger partial charge is 0.365 e. The van der Waals surface area contributed by atoms with Crippen molar-refractivity contribution in [2.45, 2.75) is 51.1 Å². The second kappa shape index (κ2) is 4.49. The molecule has 1 saturated carbocycles. The molecule has 0 heterocycles. The molecule has 5 heteroatoms. The molecule has 0 spiro atoms. The Morgan fingerprint density at radius 1 is 1.36 bits per heavy atom. The normalized spacial score (nSPS) is 22.1. The third-order valence-electron chi connectivity index (χ3n) is 2.17. The van der Waals surface area contributed by atoms with Crippen LogP contribution < -0.4 is 5.32 Å². The van der Waals surface area contributed by atoms with Gasteiger partial charge in [-0.25, -0.2) is 0 Å². The summed E-state index contributed by atoms with van der Waals surface area (Å²) in [5, 5.41) is 3.12. The molecule has 0 aromatic carbocycles.